The van der Waals surface area contributed by atoms with Gasteiger partial charge >= 0.3 is 5.97 Å². The monoisotopic (exact) mass is 262 g/mol. The fourth-order valence-electron chi connectivity index (χ4n) is 3.78. The number of hydrogen-bond donors (Lipinski definition) is 1. The molecular formula is C15H18O4. The molecule has 3 rings (SSSR count). The summed E-state index contributed by atoms with van der Waals surface area (Å²) in [5, 5.41) is 10.6. The maximum absolute atomic E-state index is 11.9. The fourth-order valence-corrected chi connectivity index (χ4v) is 3.78. The molecule has 0 bridgehead atoms. The summed E-state index contributed by atoms with van der Waals surface area (Å²) in [6.45, 7) is 5.50. The summed E-state index contributed by atoms with van der Waals surface area (Å²) in [5.41, 5.74) is 1.90. The summed E-state index contributed by atoms with van der Waals surface area (Å²) < 4.78 is 5.17. The van der Waals surface area contributed by atoms with Crippen LogP contribution in [0.4, 0.5) is 0 Å². The van der Waals surface area contributed by atoms with Crippen LogP contribution in [0.15, 0.2) is 22.8 Å². The highest BCUT2D eigenvalue weighted by Crippen LogP contribution is 2.52. The number of rotatable bonds is 0. The molecule has 0 aromatic heterocycles. The van der Waals surface area contributed by atoms with Crippen molar-refractivity contribution in [2.75, 3.05) is 0 Å². The van der Waals surface area contributed by atoms with E-state index in [-0.39, 0.29) is 23.5 Å². The van der Waals surface area contributed by atoms with Crippen LogP contribution in [0.1, 0.15) is 33.6 Å². The van der Waals surface area contributed by atoms with Crippen molar-refractivity contribution in [2.45, 2.75) is 39.4 Å². The molecule has 1 saturated carbocycles. The number of aliphatic hydroxyl groups is 1. The largest absolute Gasteiger partial charge is 0.426 e. The zero-order valence-electron chi connectivity index (χ0n) is 11.4. The average molecular weight is 262 g/mol. The molecule has 3 aliphatic rings. The molecule has 0 spiro atoms. The summed E-state index contributed by atoms with van der Waals surface area (Å²) in [4.78, 5) is 23.6. The number of esters is 1. The van der Waals surface area contributed by atoms with E-state index in [2.05, 4.69) is 0 Å². The van der Waals surface area contributed by atoms with Gasteiger partial charge in [0.15, 0.2) is 5.78 Å². The summed E-state index contributed by atoms with van der Waals surface area (Å²) in [6.07, 6.45) is 2.78. The average Bonchev–Trinajstić information content (AvgIpc) is 2.53. The van der Waals surface area contributed by atoms with Crippen LogP contribution < -0.4 is 0 Å². The van der Waals surface area contributed by atoms with Crippen LogP contribution >= 0.6 is 0 Å². The molecule has 19 heavy (non-hydrogen) atoms. The van der Waals surface area contributed by atoms with E-state index in [4.69, 9.17) is 4.74 Å². The van der Waals surface area contributed by atoms with Gasteiger partial charge in [0.2, 0.25) is 5.79 Å². The van der Waals surface area contributed by atoms with Crippen LogP contribution in [-0.2, 0) is 14.3 Å². The predicted molar refractivity (Wildman–Crippen MR) is 67.9 cm³/mol. The molecule has 0 saturated heterocycles. The van der Waals surface area contributed by atoms with Crippen molar-refractivity contribution in [3.8, 4) is 0 Å². The van der Waals surface area contributed by atoms with Gasteiger partial charge in [0, 0.05) is 29.9 Å². The van der Waals surface area contributed by atoms with Gasteiger partial charge in [-0.3, -0.25) is 4.79 Å². The van der Waals surface area contributed by atoms with Gasteiger partial charge in [-0.05, 0) is 31.3 Å². The van der Waals surface area contributed by atoms with Gasteiger partial charge in [-0.1, -0.05) is 13.0 Å². The number of allylic oxidation sites excluding steroid dienone is 2. The van der Waals surface area contributed by atoms with Crippen LogP contribution in [0.3, 0.4) is 0 Å². The van der Waals surface area contributed by atoms with E-state index >= 15 is 0 Å². The first-order valence-corrected chi connectivity index (χ1v) is 6.72. The minimum Gasteiger partial charge on any atom is -0.426 e. The number of hydrogen-bond acceptors (Lipinski definition) is 4. The molecule has 0 unspecified atom stereocenters. The van der Waals surface area contributed by atoms with Crippen LogP contribution in [0.5, 0.6) is 0 Å². The number of carbonyl (C=O) groups excluding carboxylic acids is 2. The van der Waals surface area contributed by atoms with Gasteiger partial charge < -0.3 is 9.84 Å². The standard InChI is InChI=1S/C15H18O4/c1-7-4-11-10(5-12(7)16)8(2)6-15(18)13(11)9(3)14(17)19-15/h4,8,10-11,18H,5-6H2,1-3H3/t8-,10-,11+,15-/m0/s1. The Morgan fingerprint density at radius 1 is 1.37 bits per heavy atom. The Labute approximate surface area is 112 Å². The molecule has 1 N–H and O–H groups in total. The molecule has 4 atom stereocenters. The Hall–Kier alpha value is -1.42. The topological polar surface area (TPSA) is 63.6 Å². The van der Waals surface area contributed by atoms with E-state index in [1.54, 1.807) is 13.8 Å². The molecule has 1 heterocycles. The van der Waals surface area contributed by atoms with Crippen molar-refractivity contribution >= 4 is 11.8 Å². The summed E-state index contributed by atoms with van der Waals surface area (Å²) >= 11 is 0. The van der Waals surface area contributed by atoms with Crippen LogP contribution in [-0.4, -0.2) is 22.6 Å². The first kappa shape index (κ1) is 12.6. The van der Waals surface area contributed by atoms with Crippen molar-refractivity contribution in [3.63, 3.8) is 0 Å². The van der Waals surface area contributed by atoms with E-state index in [0.717, 1.165) is 5.57 Å². The Bertz CT molecular complexity index is 542. The summed E-state index contributed by atoms with van der Waals surface area (Å²) in [7, 11) is 0. The van der Waals surface area contributed by atoms with Crippen molar-refractivity contribution in [2.24, 2.45) is 17.8 Å². The Morgan fingerprint density at radius 3 is 2.74 bits per heavy atom. The predicted octanol–water partition coefficient (Wildman–Crippen LogP) is 1.74. The van der Waals surface area contributed by atoms with E-state index in [9.17, 15) is 14.7 Å². The third-order valence-electron chi connectivity index (χ3n) is 4.81. The lowest BCUT2D eigenvalue weighted by atomic mass is 9.62. The van der Waals surface area contributed by atoms with Crippen LogP contribution in [0.2, 0.25) is 0 Å². The van der Waals surface area contributed by atoms with Crippen molar-refractivity contribution in [1.29, 1.82) is 0 Å². The first-order valence-electron chi connectivity index (χ1n) is 6.72. The third kappa shape index (κ3) is 1.62. The van der Waals surface area contributed by atoms with Crippen LogP contribution in [0, 0.1) is 17.8 Å². The van der Waals surface area contributed by atoms with Gasteiger partial charge in [0.05, 0.1) is 0 Å². The second-order valence-corrected chi connectivity index (χ2v) is 6.06. The maximum atomic E-state index is 11.9. The van der Waals surface area contributed by atoms with E-state index < -0.39 is 11.8 Å². The molecule has 0 aromatic carbocycles. The van der Waals surface area contributed by atoms with Gasteiger partial charge in [-0.25, -0.2) is 4.79 Å². The maximum Gasteiger partial charge on any atom is 0.336 e. The highest BCUT2D eigenvalue weighted by molar-refractivity contribution is 5.97. The minimum atomic E-state index is -1.46. The zero-order valence-corrected chi connectivity index (χ0v) is 11.4. The Kier molecular flexibility index (Phi) is 2.52. The molecule has 0 amide bonds. The number of ketones is 1. The van der Waals surface area contributed by atoms with Crippen molar-refractivity contribution in [1.82, 2.24) is 0 Å². The van der Waals surface area contributed by atoms with Gasteiger partial charge in [-0.15, -0.1) is 0 Å². The molecule has 102 valence electrons. The number of fused-ring (bicyclic) bond motifs is 3. The smallest absolute Gasteiger partial charge is 0.336 e. The number of ether oxygens (including phenoxy) is 1. The van der Waals surface area contributed by atoms with Crippen molar-refractivity contribution < 1.29 is 19.4 Å². The second-order valence-electron chi connectivity index (χ2n) is 6.06. The number of Topliss-reactive ketones (excluding diaryl/α,β-unsaturated/α-hetero) is 1. The van der Waals surface area contributed by atoms with Gasteiger partial charge in [-0.2, -0.15) is 0 Å². The summed E-state index contributed by atoms with van der Waals surface area (Å²) in [5.74, 6) is -1.48. The lowest BCUT2D eigenvalue weighted by Crippen LogP contribution is -2.47. The second kappa shape index (κ2) is 3.79. The lowest BCUT2D eigenvalue weighted by Gasteiger charge is -2.44. The van der Waals surface area contributed by atoms with Crippen LogP contribution in [0.25, 0.3) is 0 Å². The highest BCUT2D eigenvalue weighted by Gasteiger charge is 2.55. The highest BCUT2D eigenvalue weighted by atomic mass is 16.7. The van der Waals surface area contributed by atoms with E-state index in [1.807, 2.05) is 13.0 Å². The molecule has 2 aliphatic carbocycles. The van der Waals surface area contributed by atoms with E-state index in [1.165, 1.54) is 0 Å². The minimum absolute atomic E-state index is 0.0575. The molecule has 1 fully saturated rings. The normalized spacial score (nSPS) is 41.7. The third-order valence-corrected chi connectivity index (χ3v) is 4.81. The lowest BCUT2D eigenvalue weighted by molar-refractivity contribution is -0.196. The molecular weight excluding hydrogens is 244 g/mol. The van der Waals surface area contributed by atoms with Crippen molar-refractivity contribution in [3.05, 3.63) is 22.8 Å². The molecule has 4 nitrogen and oxygen atoms in total. The molecule has 0 radical (unpaired) electrons. The van der Waals surface area contributed by atoms with Gasteiger partial charge in [0.25, 0.3) is 0 Å². The Morgan fingerprint density at radius 2 is 2.05 bits per heavy atom. The molecule has 4 heteroatoms. The number of carbonyl (C=O) groups is 2. The fraction of sp³-hybridized carbons (Fsp3) is 0.600. The Balaban J connectivity index is 2.15. The molecule has 1 aliphatic heterocycles. The quantitative estimate of drug-likeness (QED) is 0.675. The SMILES string of the molecule is CC1=C[C@H]2C3=C(C)C(=O)O[C@@]3(O)C[C@H](C)[C@@H]2CC1=O. The van der Waals surface area contributed by atoms with E-state index in [0.29, 0.717) is 24.0 Å². The summed E-state index contributed by atoms with van der Waals surface area (Å²) in [6, 6.07) is 0. The zero-order chi connectivity index (χ0) is 13.9. The van der Waals surface area contributed by atoms with Gasteiger partial charge in [0.1, 0.15) is 0 Å². The molecule has 0 aromatic rings. The first-order chi connectivity index (χ1) is 8.83.